The highest BCUT2D eigenvalue weighted by Crippen LogP contribution is 2.24. The highest BCUT2D eigenvalue weighted by Gasteiger charge is 2.06. The van der Waals surface area contributed by atoms with Gasteiger partial charge in [0.25, 0.3) is 5.56 Å². The fourth-order valence-electron chi connectivity index (χ4n) is 3.36. The van der Waals surface area contributed by atoms with Crippen molar-refractivity contribution in [3.8, 4) is 11.1 Å². The number of pyridine rings is 2. The van der Waals surface area contributed by atoms with Crippen molar-refractivity contribution in [1.82, 2.24) is 19.5 Å². The second-order valence-corrected chi connectivity index (χ2v) is 6.68. The second-order valence-electron chi connectivity index (χ2n) is 6.68. The third-order valence-corrected chi connectivity index (χ3v) is 4.87. The van der Waals surface area contributed by atoms with Crippen molar-refractivity contribution < 1.29 is 0 Å². The van der Waals surface area contributed by atoms with Crippen LogP contribution >= 0.6 is 0 Å². The third kappa shape index (κ3) is 2.93. The van der Waals surface area contributed by atoms with E-state index in [9.17, 15) is 4.79 Å². The molecule has 0 N–H and O–H groups in total. The van der Waals surface area contributed by atoms with Crippen molar-refractivity contribution in [3.63, 3.8) is 0 Å². The molecule has 0 atom stereocenters. The summed E-state index contributed by atoms with van der Waals surface area (Å²) < 4.78 is 1.59. The van der Waals surface area contributed by atoms with Crippen molar-refractivity contribution in [3.05, 3.63) is 101 Å². The zero-order valence-electron chi connectivity index (χ0n) is 15.0. The first-order valence-corrected chi connectivity index (χ1v) is 9.01. The topological polar surface area (TPSA) is 60.7 Å². The summed E-state index contributed by atoms with van der Waals surface area (Å²) in [6.07, 6.45) is 6.87. The van der Waals surface area contributed by atoms with Crippen LogP contribution in [-0.2, 0) is 6.54 Å². The molecule has 5 rings (SSSR count). The lowest BCUT2D eigenvalue weighted by Gasteiger charge is -2.08. The summed E-state index contributed by atoms with van der Waals surface area (Å²) in [5.41, 5.74) is 4.18. The van der Waals surface area contributed by atoms with Crippen LogP contribution in [0.4, 0.5) is 0 Å². The number of hydrogen-bond donors (Lipinski definition) is 0. The molecule has 0 fully saturated rings. The summed E-state index contributed by atoms with van der Waals surface area (Å²) in [4.78, 5) is 25.3. The quantitative estimate of drug-likeness (QED) is 0.484. The van der Waals surface area contributed by atoms with E-state index in [-0.39, 0.29) is 5.56 Å². The van der Waals surface area contributed by atoms with Crippen molar-refractivity contribution >= 4 is 21.8 Å². The normalized spacial score (nSPS) is 11.1. The van der Waals surface area contributed by atoms with E-state index in [0.29, 0.717) is 17.6 Å². The van der Waals surface area contributed by atoms with Gasteiger partial charge in [0, 0.05) is 24.0 Å². The number of hydrogen-bond acceptors (Lipinski definition) is 4. The molecule has 28 heavy (non-hydrogen) atoms. The maximum absolute atomic E-state index is 12.6. The summed E-state index contributed by atoms with van der Waals surface area (Å²) in [7, 11) is 0. The van der Waals surface area contributed by atoms with Crippen LogP contribution in [0.1, 0.15) is 5.56 Å². The SMILES string of the molecule is O=c1c2ncccc2ncn1Cc1ccc(-c2ccc3ccncc3c2)cc1. The minimum atomic E-state index is -0.128. The van der Waals surface area contributed by atoms with Crippen LogP contribution in [0.15, 0.2) is 90.4 Å². The highest BCUT2D eigenvalue weighted by molar-refractivity contribution is 5.86. The Balaban J connectivity index is 1.45. The fraction of sp³-hybridized carbons (Fsp3) is 0.0435. The van der Waals surface area contributed by atoms with Crippen LogP contribution in [0.5, 0.6) is 0 Å². The molecule has 0 bridgehead atoms. The van der Waals surface area contributed by atoms with Gasteiger partial charge in [-0.3, -0.25) is 14.3 Å². The lowest BCUT2D eigenvalue weighted by molar-refractivity contribution is 0.746. The molecule has 0 radical (unpaired) electrons. The van der Waals surface area contributed by atoms with Crippen LogP contribution < -0.4 is 5.56 Å². The van der Waals surface area contributed by atoms with Crippen molar-refractivity contribution in [2.45, 2.75) is 6.54 Å². The predicted octanol–water partition coefficient (Wildman–Crippen LogP) is 4.06. The van der Waals surface area contributed by atoms with Crippen LogP contribution in [0, 0.1) is 0 Å². The molecule has 0 unspecified atom stereocenters. The maximum Gasteiger partial charge on any atom is 0.280 e. The largest absolute Gasteiger partial charge is 0.293 e. The minimum Gasteiger partial charge on any atom is -0.293 e. The lowest BCUT2D eigenvalue weighted by Crippen LogP contribution is -2.21. The van der Waals surface area contributed by atoms with Crippen LogP contribution in [0.2, 0.25) is 0 Å². The average molecular weight is 364 g/mol. The van der Waals surface area contributed by atoms with Gasteiger partial charge in [-0.2, -0.15) is 0 Å². The van der Waals surface area contributed by atoms with Crippen molar-refractivity contribution in [1.29, 1.82) is 0 Å². The molecule has 0 saturated heterocycles. The molecule has 0 aliphatic heterocycles. The molecule has 0 aliphatic rings. The van der Waals surface area contributed by atoms with Gasteiger partial charge in [-0.15, -0.1) is 0 Å². The Morgan fingerprint density at radius 2 is 1.68 bits per heavy atom. The van der Waals surface area contributed by atoms with Gasteiger partial charge in [-0.1, -0.05) is 36.4 Å². The first-order chi connectivity index (χ1) is 13.8. The molecule has 3 heterocycles. The van der Waals surface area contributed by atoms with Gasteiger partial charge in [0.1, 0.15) is 0 Å². The summed E-state index contributed by atoms with van der Waals surface area (Å²) in [5, 5.41) is 2.29. The summed E-state index contributed by atoms with van der Waals surface area (Å²) >= 11 is 0. The van der Waals surface area contributed by atoms with Crippen LogP contribution in [0.3, 0.4) is 0 Å². The third-order valence-electron chi connectivity index (χ3n) is 4.87. The number of rotatable bonds is 3. The zero-order chi connectivity index (χ0) is 18.9. The molecule has 0 aliphatic carbocycles. The minimum absolute atomic E-state index is 0.128. The Labute approximate surface area is 161 Å². The Bertz CT molecular complexity index is 1360. The highest BCUT2D eigenvalue weighted by atomic mass is 16.1. The van der Waals surface area contributed by atoms with Crippen molar-refractivity contribution in [2.75, 3.05) is 0 Å². The molecule has 0 spiro atoms. The molecule has 2 aromatic carbocycles. The second kappa shape index (κ2) is 6.70. The number of aromatic nitrogens is 4. The Morgan fingerprint density at radius 3 is 2.57 bits per heavy atom. The van der Waals surface area contributed by atoms with E-state index in [0.717, 1.165) is 22.1 Å². The molecule has 3 aromatic heterocycles. The van der Waals surface area contributed by atoms with Gasteiger partial charge in [-0.05, 0) is 46.3 Å². The summed E-state index contributed by atoms with van der Waals surface area (Å²) in [5.74, 6) is 0. The lowest BCUT2D eigenvalue weighted by atomic mass is 10.0. The molecule has 0 saturated carbocycles. The molecular weight excluding hydrogens is 348 g/mol. The first kappa shape index (κ1) is 16.3. The molecular formula is C23H16N4O. The molecule has 5 heteroatoms. The van der Waals surface area contributed by atoms with Gasteiger partial charge in [0.2, 0.25) is 0 Å². The first-order valence-electron chi connectivity index (χ1n) is 9.01. The van der Waals surface area contributed by atoms with Crippen LogP contribution in [-0.4, -0.2) is 19.5 Å². The number of benzene rings is 2. The maximum atomic E-state index is 12.6. The van der Waals surface area contributed by atoms with Gasteiger partial charge in [-0.25, -0.2) is 9.97 Å². The van der Waals surface area contributed by atoms with E-state index in [1.807, 2.05) is 24.4 Å². The van der Waals surface area contributed by atoms with Gasteiger partial charge in [0.15, 0.2) is 5.52 Å². The van der Waals surface area contributed by atoms with E-state index in [2.05, 4.69) is 45.3 Å². The number of fused-ring (bicyclic) bond motifs is 2. The molecule has 5 nitrogen and oxygen atoms in total. The van der Waals surface area contributed by atoms with E-state index < -0.39 is 0 Å². The fourth-order valence-corrected chi connectivity index (χ4v) is 3.36. The van der Waals surface area contributed by atoms with Gasteiger partial charge in [0.05, 0.1) is 18.4 Å². The summed E-state index contributed by atoms with van der Waals surface area (Å²) in [6, 6.07) is 20.2. The van der Waals surface area contributed by atoms with Crippen molar-refractivity contribution in [2.24, 2.45) is 0 Å². The van der Waals surface area contributed by atoms with E-state index in [4.69, 9.17) is 0 Å². The predicted molar refractivity (Wildman–Crippen MR) is 110 cm³/mol. The monoisotopic (exact) mass is 364 g/mol. The van der Waals surface area contributed by atoms with E-state index in [1.165, 1.54) is 5.39 Å². The number of nitrogens with zero attached hydrogens (tertiary/aromatic N) is 4. The van der Waals surface area contributed by atoms with Gasteiger partial charge < -0.3 is 0 Å². The Morgan fingerprint density at radius 1 is 0.821 bits per heavy atom. The van der Waals surface area contributed by atoms with Crippen LogP contribution in [0.25, 0.3) is 32.9 Å². The zero-order valence-corrected chi connectivity index (χ0v) is 15.0. The molecule has 0 amide bonds. The standard InChI is InChI=1S/C23H16N4O/c28-23-22-21(2-1-10-25-22)26-15-27(23)14-16-3-5-17(6-4-16)19-8-7-18-9-11-24-13-20(18)12-19/h1-13,15H,14H2. The molecule has 134 valence electrons. The van der Waals surface area contributed by atoms with Gasteiger partial charge >= 0.3 is 0 Å². The smallest absolute Gasteiger partial charge is 0.280 e. The Kier molecular flexibility index (Phi) is 3.91. The Hall–Kier alpha value is -3.86. The average Bonchev–Trinajstić information content (AvgIpc) is 2.76. The van der Waals surface area contributed by atoms with E-state index >= 15 is 0 Å². The van der Waals surface area contributed by atoms with E-state index in [1.54, 1.807) is 35.4 Å². The summed E-state index contributed by atoms with van der Waals surface area (Å²) in [6.45, 7) is 0.459. The molecule has 5 aromatic rings.